The van der Waals surface area contributed by atoms with E-state index in [0.717, 1.165) is 26.0 Å². The van der Waals surface area contributed by atoms with E-state index in [2.05, 4.69) is 36.8 Å². The van der Waals surface area contributed by atoms with E-state index >= 15 is 0 Å². The van der Waals surface area contributed by atoms with Gasteiger partial charge in [0.1, 0.15) is 11.6 Å². The third-order valence-electron chi connectivity index (χ3n) is 3.98. The Bertz CT molecular complexity index is 1010. The molecule has 28 heavy (non-hydrogen) atoms. The average molecular weight is 498 g/mol. The summed E-state index contributed by atoms with van der Waals surface area (Å²) in [6.07, 6.45) is 1.36. The van der Waals surface area contributed by atoms with Crippen molar-refractivity contribution in [3.63, 3.8) is 0 Å². The molecule has 0 spiro atoms. The molecule has 3 aromatic carbocycles. The van der Waals surface area contributed by atoms with Crippen molar-refractivity contribution in [1.82, 2.24) is 0 Å². The minimum Gasteiger partial charge on any atom is -0.477 e. The number of nitriles is 1. The molecule has 3 aromatic rings. The summed E-state index contributed by atoms with van der Waals surface area (Å²) in [4.78, 5) is 13.1. The van der Waals surface area contributed by atoms with Gasteiger partial charge < -0.3 is 10.0 Å². The highest BCUT2D eigenvalue weighted by molar-refractivity contribution is 9.10. The molecule has 0 aliphatic carbocycles. The Morgan fingerprint density at radius 1 is 0.821 bits per heavy atom. The highest BCUT2D eigenvalue weighted by atomic mass is 79.9. The summed E-state index contributed by atoms with van der Waals surface area (Å²) in [5.41, 5.74) is 3.23. The van der Waals surface area contributed by atoms with E-state index in [4.69, 9.17) is 10.4 Å². The van der Waals surface area contributed by atoms with Gasteiger partial charge in [0.05, 0.1) is 0 Å². The fourth-order valence-electron chi connectivity index (χ4n) is 2.66. The van der Waals surface area contributed by atoms with Crippen LogP contribution in [0, 0.1) is 11.3 Å². The second kappa shape index (κ2) is 8.87. The molecule has 0 saturated heterocycles. The molecule has 4 nitrogen and oxygen atoms in total. The molecule has 0 heterocycles. The van der Waals surface area contributed by atoms with Gasteiger partial charge in [0, 0.05) is 26.0 Å². The van der Waals surface area contributed by atoms with E-state index in [-0.39, 0.29) is 5.57 Å². The Labute approximate surface area is 179 Å². The van der Waals surface area contributed by atoms with Crippen LogP contribution < -0.4 is 4.90 Å². The molecule has 0 atom stereocenters. The van der Waals surface area contributed by atoms with Crippen LogP contribution in [0.2, 0.25) is 0 Å². The first kappa shape index (κ1) is 19.9. The average Bonchev–Trinajstić information content (AvgIpc) is 2.70. The smallest absolute Gasteiger partial charge is 0.346 e. The number of rotatable bonds is 5. The van der Waals surface area contributed by atoms with Crippen LogP contribution in [0.25, 0.3) is 6.08 Å². The Kier molecular flexibility index (Phi) is 6.30. The van der Waals surface area contributed by atoms with E-state index in [1.54, 1.807) is 18.2 Å². The van der Waals surface area contributed by atoms with Gasteiger partial charge in [0.2, 0.25) is 0 Å². The number of anilines is 3. The lowest BCUT2D eigenvalue weighted by molar-refractivity contribution is -0.132. The summed E-state index contributed by atoms with van der Waals surface area (Å²) < 4.78 is 1.98. The van der Waals surface area contributed by atoms with Crippen LogP contribution >= 0.6 is 31.9 Å². The fraction of sp³-hybridized carbons (Fsp3) is 0. The number of carboxylic acid groups (broad SMARTS) is 1. The molecule has 0 unspecified atom stereocenters. The van der Waals surface area contributed by atoms with E-state index in [1.807, 2.05) is 60.7 Å². The zero-order valence-electron chi connectivity index (χ0n) is 14.5. The van der Waals surface area contributed by atoms with Gasteiger partial charge in [-0.15, -0.1) is 0 Å². The second-order valence-electron chi connectivity index (χ2n) is 5.85. The maximum absolute atomic E-state index is 11.0. The van der Waals surface area contributed by atoms with Gasteiger partial charge in [-0.2, -0.15) is 5.26 Å². The van der Waals surface area contributed by atoms with Gasteiger partial charge in [-0.05, 0) is 72.3 Å². The Balaban J connectivity index is 2.03. The Morgan fingerprint density at radius 3 is 1.57 bits per heavy atom. The molecule has 0 amide bonds. The number of aliphatic carboxylic acids is 1. The monoisotopic (exact) mass is 496 g/mol. The predicted octanol–water partition coefficient (Wildman–Crippen LogP) is 6.67. The molecule has 0 aliphatic rings. The third-order valence-corrected chi connectivity index (χ3v) is 5.04. The number of halogens is 2. The number of carboxylic acids is 1. The fourth-order valence-corrected chi connectivity index (χ4v) is 3.18. The lowest BCUT2D eigenvalue weighted by Gasteiger charge is -2.25. The first-order valence-corrected chi connectivity index (χ1v) is 9.83. The first-order chi connectivity index (χ1) is 13.5. The quantitative estimate of drug-likeness (QED) is 0.315. The zero-order valence-corrected chi connectivity index (χ0v) is 17.7. The van der Waals surface area contributed by atoms with Crippen LogP contribution in [0.3, 0.4) is 0 Å². The first-order valence-electron chi connectivity index (χ1n) is 8.24. The molecular formula is C22H14Br2N2O2. The third kappa shape index (κ3) is 4.69. The standard InChI is InChI=1S/C22H14Br2N2O2/c23-17-3-9-20(10-4-17)26(21-11-5-18(24)6-12-21)19-7-1-15(2-8-19)13-16(14-25)22(27)28/h1-13H,(H,27,28)/b16-13-. The van der Waals surface area contributed by atoms with Crippen LogP contribution in [0.4, 0.5) is 17.1 Å². The number of benzene rings is 3. The van der Waals surface area contributed by atoms with E-state index in [9.17, 15) is 4.79 Å². The summed E-state index contributed by atoms with van der Waals surface area (Å²) in [5.74, 6) is -1.24. The molecule has 0 bridgehead atoms. The Hall–Kier alpha value is -2.88. The van der Waals surface area contributed by atoms with Gasteiger partial charge >= 0.3 is 5.97 Å². The normalized spacial score (nSPS) is 11.0. The summed E-state index contributed by atoms with van der Waals surface area (Å²) in [7, 11) is 0. The molecule has 138 valence electrons. The number of carbonyl (C=O) groups is 1. The highest BCUT2D eigenvalue weighted by Crippen LogP contribution is 2.35. The van der Waals surface area contributed by atoms with Gasteiger partial charge in [-0.1, -0.05) is 44.0 Å². The van der Waals surface area contributed by atoms with Gasteiger partial charge in [-0.25, -0.2) is 4.79 Å². The number of hydrogen-bond donors (Lipinski definition) is 1. The second-order valence-corrected chi connectivity index (χ2v) is 7.69. The molecule has 1 N–H and O–H groups in total. The maximum atomic E-state index is 11.0. The van der Waals surface area contributed by atoms with Crippen molar-refractivity contribution in [2.45, 2.75) is 0 Å². The predicted molar refractivity (Wildman–Crippen MR) is 118 cm³/mol. The van der Waals surface area contributed by atoms with Crippen LogP contribution in [0.1, 0.15) is 5.56 Å². The maximum Gasteiger partial charge on any atom is 0.346 e. The van der Waals surface area contributed by atoms with Crippen LogP contribution in [-0.4, -0.2) is 11.1 Å². The molecule has 0 aliphatic heterocycles. The summed E-state index contributed by atoms with van der Waals surface area (Å²) >= 11 is 6.92. The number of hydrogen-bond acceptors (Lipinski definition) is 3. The lowest BCUT2D eigenvalue weighted by Crippen LogP contribution is -2.09. The zero-order chi connectivity index (χ0) is 20.1. The molecule has 0 fully saturated rings. The largest absolute Gasteiger partial charge is 0.477 e. The van der Waals surface area contributed by atoms with E-state index in [1.165, 1.54) is 6.08 Å². The van der Waals surface area contributed by atoms with Crippen LogP contribution in [0.5, 0.6) is 0 Å². The van der Waals surface area contributed by atoms with Crippen molar-refractivity contribution in [1.29, 1.82) is 5.26 Å². The molecule has 3 rings (SSSR count). The van der Waals surface area contributed by atoms with Gasteiger partial charge in [-0.3, -0.25) is 0 Å². The summed E-state index contributed by atoms with van der Waals surface area (Å²) in [6, 6.07) is 25.0. The van der Waals surface area contributed by atoms with Crippen LogP contribution in [-0.2, 0) is 4.79 Å². The highest BCUT2D eigenvalue weighted by Gasteiger charge is 2.13. The molecular weight excluding hydrogens is 484 g/mol. The topological polar surface area (TPSA) is 64.3 Å². The van der Waals surface area contributed by atoms with Gasteiger partial charge in [0.15, 0.2) is 0 Å². The van der Waals surface area contributed by atoms with E-state index in [0.29, 0.717) is 5.56 Å². The minimum atomic E-state index is -1.24. The van der Waals surface area contributed by atoms with Crippen LogP contribution in [0.15, 0.2) is 87.3 Å². The molecule has 0 saturated carbocycles. The van der Waals surface area contributed by atoms with Crippen molar-refractivity contribution < 1.29 is 9.90 Å². The van der Waals surface area contributed by atoms with Crippen molar-refractivity contribution in [2.75, 3.05) is 4.90 Å². The van der Waals surface area contributed by atoms with E-state index < -0.39 is 5.97 Å². The summed E-state index contributed by atoms with van der Waals surface area (Å²) in [6.45, 7) is 0. The van der Waals surface area contributed by atoms with Crippen molar-refractivity contribution in [3.8, 4) is 6.07 Å². The molecule has 0 radical (unpaired) electrons. The molecule has 6 heteroatoms. The lowest BCUT2D eigenvalue weighted by atomic mass is 10.1. The molecule has 0 aromatic heterocycles. The number of nitrogens with zero attached hydrogens (tertiary/aromatic N) is 2. The van der Waals surface area contributed by atoms with Gasteiger partial charge in [0.25, 0.3) is 0 Å². The van der Waals surface area contributed by atoms with Crippen molar-refractivity contribution in [2.24, 2.45) is 0 Å². The SMILES string of the molecule is N#C/C(=C/c1ccc(N(c2ccc(Br)cc2)c2ccc(Br)cc2)cc1)C(=O)O. The summed E-state index contributed by atoms with van der Waals surface area (Å²) in [5, 5.41) is 17.9. The van der Waals surface area contributed by atoms with Crippen molar-refractivity contribution in [3.05, 3.63) is 92.9 Å². The van der Waals surface area contributed by atoms with Crippen molar-refractivity contribution >= 4 is 61.0 Å². The Morgan fingerprint density at radius 2 is 1.21 bits per heavy atom. The minimum absolute atomic E-state index is 0.301.